The zero-order valence-corrected chi connectivity index (χ0v) is 17.2. The fraction of sp³-hybridized carbons (Fsp3) is 0.458. The van der Waals surface area contributed by atoms with Crippen molar-refractivity contribution in [2.24, 2.45) is 0 Å². The summed E-state index contributed by atoms with van der Waals surface area (Å²) in [5.41, 5.74) is 4.69. The van der Waals surface area contributed by atoms with Crippen molar-refractivity contribution < 1.29 is 14.3 Å². The van der Waals surface area contributed by atoms with Crippen molar-refractivity contribution in [3.63, 3.8) is 0 Å². The quantitative estimate of drug-likeness (QED) is 0.810. The number of nitrogens with zero attached hydrogens (tertiary/aromatic N) is 1. The molecule has 1 fully saturated rings. The summed E-state index contributed by atoms with van der Waals surface area (Å²) < 4.78 is 10.9. The van der Waals surface area contributed by atoms with Gasteiger partial charge in [0.05, 0.1) is 7.11 Å². The Kier molecular flexibility index (Phi) is 6.47. The molecule has 0 spiro atoms. The molecule has 2 aromatic rings. The minimum Gasteiger partial charge on any atom is -0.496 e. The Morgan fingerprint density at radius 2 is 2.00 bits per heavy atom. The summed E-state index contributed by atoms with van der Waals surface area (Å²) in [4.78, 5) is 15.1. The van der Waals surface area contributed by atoms with Crippen LogP contribution in [0.5, 0.6) is 5.75 Å². The summed E-state index contributed by atoms with van der Waals surface area (Å²) in [5.74, 6) is 0.871. The molecule has 5 heteroatoms. The van der Waals surface area contributed by atoms with E-state index in [9.17, 15) is 4.79 Å². The number of benzene rings is 2. The second-order valence-corrected chi connectivity index (χ2v) is 7.91. The van der Waals surface area contributed by atoms with Crippen LogP contribution in [0.4, 0.5) is 5.69 Å². The first-order chi connectivity index (χ1) is 14.2. The van der Waals surface area contributed by atoms with Gasteiger partial charge < -0.3 is 14.8 Å². The van der Waals surface area contributed by atoms with Gasteiger partial charge in [0.1, 0.15) is 5.75 Å². The maximum absolute atomic E-state index is 12.5. The van der Waals surface area contributed by atoms with Gasteiger partial charge in [0.15, 0.2) is 0 Å². The molecule has 0 radical (unpaired) electrons. The first-order valence-electron chi connectivity index (χ1n) is 10.6. The highest BCUT2D eigenvalue weighted by atomic mass is 16.5. The van der Waals surface area contributed by atoms with Crippen molar-refractivity contribution in [1.82, 2.24) is 4.90 Å². The van der Waals surface area contributed by atoms with Gasteiger partial charge in [-0.2, -0.15) is 0 Å². The lowest BCUT2D eigenvalue weighted by Crippen LogP contribution is -2.42. The molecule has 1 N–H and O–H groups in total. The van der Waals surface area contributed by atoms with E-state index in [1.165, 1.54) is 11.1 Å². The van der Waals surface area contributed by atoms with Gasteiger partial charge in [-0.3, -0.25) is 9.69 Å². The number of amides is 1. The number of anilines is 1. The first-order valence-corrected chi connectivity index (χ1v) is 10.6. The van der Waals surface area contributed by atoms with Crippen LogP contribution in [0.15, 0.2) is 42.5 Å². The highest BCUT2D eigenvalue weighted by Gasteiger charge is 2.25. The van der Waals surface area contributed by atoms with Gasteiger partial charge in [0.25, 0.3) is 0 Å². The van der Waals surface area contributed by atoms with Crippen molar-refractivity contribution in [3.8, 4) is 5.75 Å². The molecule has 0 saturated carbocycles. The summed E-state index contributed by atoms with van der Waals surface area (Å²) in [6.07, 6.45) is 4.42. The molecular formula is C24H30N2O3. The Labute approximate surface area is 173 Å². The highest BCUT2D eigenvalue weighted by Crippen LogP contribution is 2.27. The second-order valence-electron chi connectivity index (χ2n) is 7.91. The number of aryl methyl sites for hydroxylation is 1. The van der Waals surface area contributed by atoms with Crippen LogP contribution < -0.4 is 10.1 Å². The van der Waals surface area contributed by atoms with Crippen molar-refractivity contribution in [2.75, 3.05) is 32.2 Å². The Hall–Kier alpha value is -2.37. The fourth-order valence-electron chi connectivity index (χ4n) is 4.40. The maximum Gasteiger partial charge on any atom is 0.224 e. The molecular weight excluding hydrogens is 364 g/mol. The number of ether oxygens (including phenoxy) is 2. The predicted octanol–water partition coefficient (Wildman–Crippen LogP) is 3.80. The number of carbonyl (C=O) groups excluding carboxylic acids is 1. The molecule has 2 aliphatic heterocycles. The molecule has 154 valence electrons. The standard InChI is InChI=1S/C24H30N2O3/c1-28-23-5-3-2-4-19(23)7-9-24(27)25-21-8-6-18-10-13-26(17-20(18)16-21)22-11-14-29-15-12-22/h2-6,8,16,22H,7,9-15,17H2,1H3,(H,25,27). The van der Waals surface area contributed by atoms with E-state index in [1.807, 2.05) is 30.3 Å². The van der Waals surface area contributed by atoms with Gasteiger partial charge in [-0.1, -0.05) is 24.3 Å². The first kappa shape index (κ1) is 19.9. The minimum atomic E-state index is 0.0351. The number of carbonyl (C=O) groups is 1. The van der Waals surface area contributed by atoms with E-state index in [1.54, 1.807) is 7.11 Å². The van der Waals surface area contributed by atoms with E-state index in [2.05, 4.69) is 22.3 Å². The predicted molar refractivity (Wildman–Crippen MR) is 114 cm³/mol. The third kappa shape index (κ3) is 4.98. The molecule has 1 amide bonds. The summed E-state index contributed by atoms with van der Waals surface area (Å²) in [7, 11) is 1.66. The molecule has 0 bridgehead atoms. The summed E-state index contributed by atoms with van der Waals surface area (Å²) in [5, 5.41) is 3.08. The topological polar surface area (TPSA) is 50.8 Å². The Morgan fingerprint density at radius 1 is 1.17 bits per heavy atom. The van der Waals surface area contributed by atoms with Gasteiger partial charge in [-0.25, -0.2) is 0 Å². The number of hydrogen-bond acceptors (Lipinski definition) is 4. The van der Waals surface area contributed by atoms with Crippen LogP contribution in [0.1, 0.15) is 36.0 Å². The largest absolute Gasteiger partial charge is 0.496 e. The normalized spacial score (nSPS) is 17.6. The lowest BCUT2D eigenvalue weighted by molar-refractivity contribution is -0.116. The molecule has 0 aromatic heterocycles. The molecule has 5 nitrogen and oxygen atoms in total. The summed E-state index contributed by atoms with van der Waals surface area (Å²) in [6, 6.07) is 14.8. The van der Waals surface area contributed by atoms with E-state index in [0.29, 0.717) is 18.9 Å². The smallest absolute Gasteiger partial charge is 0.224 e. The molecule has 0 atom stereocenters. The molecule has 4 rings (SSSR count). The molecule has 1 saturated heterocycles. The lowest BCUT2D eigenvalue weighted by atomic mass is 9.96. The number of hydrogen-bond donors (Lipinski definition) is 1. The van der Waals surface area contributed by atoms with Crippen LogP contribution in [0.25, 0.3) is 0 Å². The second kappa shape index (κ2) is 9.42. The van der Waals surface area contributed by atoms with Crippen LogP contribution in [0, 0.1) is 0 Å². The molecule has 0 unspecified atom stereocenters. The highest BCUT2D eigenvalue weighted by molar-refractivity contribution is 5.91. The number of rotatable bonds is 6. The minimum absolute atomic E-state index is 0.0351. The lowest BCUT2D eigenvalue weighted by Gasteiger charge is -2.37. The Bertz CT molecular complexity index is 846. The molecule has 2 heterocycles. The number of methoxy groups -OCH3 is 1. The average molecular weight is 395 g/mol. The monoisotopic (exact) mass is 394 g/mol. The molecule has 2 aliphatic rings. The van der Waals surface area contributed by atoms with E-state index in [-0.39, 0.29) is 5.91 Å². The van der Waals surface area contributed by atoms with Crippen molar-refractivity contribution in [3.05, 3.63) is 59.2 Å². The summed E-state index contributed by atoms with van der Waals surface area (Å²) in [6.45, 7) is 3.82. The van der Waals surface area contributed by atoms with Gasteiger partial charge >= 0.3 is 0 Å². The van der Waals surface area contributed by atoms with Crippen LogP contribution in [0.3, 0.4) is 0 Å². The van der Waals surface area contributed by atoms with Crippen molar-refractivity contribution in [2.45, 2.75) is 44.7 Å². The van der Waals surface area contributed by atoms with E-state index in [4.69, 9.17) is 9.47 Å². The van der Waals surface area contributed by atoms with Gasteiger partial charge in [0.2, 0.25) is 5.91 Å². The van der Waals surface area contributed by atoms with Crippen LogP contribution >= 0.6 is 0 Å². The SMILES string of the molecule is COc1ccccc1CCC(=O)Nc1ccc2c(c1)CN(C1CCOCC1)CC2. The van der Waals surface area contributed by atoms with Gasteiger partial charge in [0, 0.05) is 44.5 Å². The molecule has 2 aromatic carbocycles. The van der Waals surface area contributed by atoms with Crippen LogP contribution in [-0.4, -0.2) is 43.7 Å². The van der Waals surface area contributed by atoms with Crippen molar-refractivity contribution >= 4 is 11.6 Å². The van der Waals surface area contributed by atoms with Crippen LogP contribution in [-0.2, 0) is 28.9 Å². The Balaban J connectivity index is 1.35. The average Bonchev–Trinajstić information content (AvgIpc) is 2.78. The van der Waals surface area contributed by atoms with Crippen LogP contribution in [0.2, 0.25) is 0 Å². The number of nitrogens with one attached hydrogen (secondary N) is 1. The Morgan fingerprint density at radius 3 is 2.83 bits per heavy atom. The van der Waals surface area contributed by atoms with E-state index < -0.39 is 0 Å². The van der Waals surface area contributed by atoms with E-state index >= 15 is 0 Å². The van der Waals surface area contributed by atoms with Gasteiger partial charge in [-0.05, 0) is 60.6 Å². The number of para-hydroxylation sites is 1. The van der Waals surface area contributed by atoms with E-state index in [0.717, 1.165) is 62.6 Å². The van der Waals surface area contributed by atoms with Crippen molar-refractivity contribution in [1.29, 1.82) is 0 Å². The third-order valence-corrected chi connectivity index (χ3v) is 6.05. The fourth-order valence-corrected chi connectivity index (χ4v) is 4.40. The molecule has 29 heavy (non-hydrogen) atoms. The number of fused-ring (bicyclic) bond motifs is 1. The zero-order chi connectivity index (χ0) is 20.1. The maximum atomic E-state index is 12.5. The zero-order valence-electron chi connectivity index (χ0n) is 17.2. The third-order valence-electron chi connectivity index (χ3n) is 6.05. The summed E-state index contributed by atoms with van der Waals surface area (Å²) >= 11 is 0. The molecule has 0 aliphatic carbocycles. The van der Waals surface area contributed by atoms with Gasteiger partial charge in [-0.15, -0.1) is 0 Å².